The van der Waals surface area contributed by atoms with Crippen LogP contribution >= 0.6 is 0 Å². The van der Waals surface area contributed by atoms with Gasteiger partial charge in [0.25, 0.3) is 5.91 Å². The zero-order chi connectivity index (χ0) is 12.1. The average Bonchev–Trinajstić information content (AvgIpc) is 2.79. The smallest absolute Gasteiger partial charge is 0.271 e. The first-order valence-corrected chi connectivity index (χ1v) is 5.56. The zero-order valence-electron chi connectivity index (χ0n) is 9.32. The standard InChI is InChI=1S/C10H15N5O2/c16-6-12-8-5-13-15-9(8)10(17)14-7-1-3-11-4-2-7/h5-7,11H,1-4H2,(H,12,16)(H,13,15)(H,14,17). The van der Waals surface area contributed by atoms with Crippen LogP contribution < -0.4 is 16.0 Å². The molecule has 0 radical (unpaired) electrons. The molecule has 2 heterocycles. The molecule has 1 aliphatic heterocycles. The van der Waals surface area contributed by atoms with Gasteiger partial charge in [0, 0.05) is 6.04 Å². The fraction of sp³-hybridized carbons (Fsp3) is 0.500. The minimum absolute atomic E-state index is 0.177. The first-order valence-electron chi connectivity index (χ1n) is 5.56. The predicted octanol–water partition coefficient (Wildman–Crippen LogP) is -0.540. The van der Waals surface area contributed by atoms with E-state index in [9.17, 15) is 9.59 Å². The third-order valence-corrected chi connectivity index (χ3v) is 2.76. The highest BCUT2D eigenvalue weighted by molar-refractivity contribution is 5.99. The maximum Gasteiger partial charge on any atom is 0.271 e. The van der Waals surface area contributed by atoms with Crippen molar-refractivity contribution in [2.75, 3.05) is 18.4 Å². The summed E-state index contributed by atoms with van der Waals surface area (Å²) in [6, 6.07) is 0.177. The van der Waals surface area contributed by atoms with Gasteiger partial charge in [0.15, 0.2) is 0 Å². The molecule has 0 unspecified atom stereocenters. The summed E-state index contributed by atoms with van der Waals surface area (Å²) >= 11 is 0. The number of amides is 2. The van der Waals surface area contributed by atoms with E-state index < -0.39 is 0 Å². The van der Waals surface area contributed by atoms with Gasteiger partial charge >= 0.3 is 0 Å². The Kier molecular flexibility index (Phi) is 3.71. The molecular formula is C10H15N5O2. The van der Waals surface area contributed by atoms with E-state index in [0.29, 0.717) is 12.1 Å². The van der Waals surface area contributed by atoms with E-state index >= 15 is 0 Å². The number of carbonyl (C=O) groups is 2. The van der Waals surface area contributed by atoms with Gasteiger partial charge in [0.1, 0.15) is 5.69 Å². The predicted molar refractivity (Wildman–Crippen MR) is 61.6 cm³/mol. The van der Waals surface area contributed by atoms with E-state index in [1.54, 1.807) is 0 Å². The molecule has 7 nitrogen and oxygen atoms in total. The third-order valence-electron chi connectivity index (χ3n) is 2.76. The first-order chi connectivity index (χ1) is 8.31. The molecule has 7 heteroatoms. The van der Waals surface area contributed by atoms with Crippen LogP contribution in [0.25, 0.3) is 0 Å². The van der Waals surface area contributed by atoms with Crippen LogP contribution in [-0.2, 0) is 4.79 Å². The Bertz CT molecular complexity index is 397. The molecule has 0 saturated carbocycles. The van der Waals surface area contributed by atoms with Gasteiger partial charge in [0.2, 0.25) is 6.41 Å². The van der Waals surface area contributed by atoms with Gasteiger partial charge in [-0.05, 0) is 25.9 Å². The summed E-state index contributed by atoms with van der Waals surface area (Å²) in [4.78, 5) is 22.3. The van der Waals surface area contributed by atoms with Crippen LogP contribution in [0.4, 0.5) is 5.69 Å². The van der Waals surface area contributed by atoms with Crippen molar-refractivity contribution in [1.82, 2.24) is 20.8 Å². The molecule has 1 fully saturated rings. The normalized spacial score (nSPS) is 16.5. The number of aromatic nitrogens is 2. The number of rotatable bonds is 4. The van der Waals surface area contributed by atoms with Gasteiger partial charge in [-0.3, -0.25) is 14.7 Å². The van der Waals surface area contributed by atoms with Crippen LogP contribution in [0.15, 0.2) is 6.20 Å². The second-order valence-electron chi connectivity index (χ2n) is 3.92. The lowest BCUT2D eigenvalue weighted by molar-refractivity contribution is -0.105. The molecule has 0 atom stereocenters. The lowest BCUT2D eigenvalue weighted by atomic mass is 10.1. The number of hydrogen-bond donors (Lipinski definition) is 4. The molecule has 1 aromatic heterocycles. The van der Waals surface area contributed by atoms with Crippen molar-refractivity contribution in [3.8, 4) is 0 Å². The van der Waals surface area contributed by atoms with Gasteiger partial charge in [-0.25, -0.2) is 0 Å². The van der Waals surface area contributed by atoms with E-state index in [2.05, 4.69) is 26.1 Å². The van der Waals surface area contributed by atoms with Crippen LogP contribution in [0, 0.1) is 0 Å². The SMILES string of the molecule is O=CNc1cn[nH]c1C(=O)NC1CCNCC1. The van der Waals surface area contributed by atoms with Crippen molar-refractivity contribution in [2.24, 2.45) is 0 Å². The fourth-order valence-corrected chi connectivity index (χ4v) is 1.86. The Balaban J connectivity index is 1.98. The number of nitrogens with zero attached hydrogens (tertiary/aromatic N) is 1. The van der Waals surface area contributed by atoms with Crippen LogP contribution in [0.2, 0.25) is 0 Å². The topological polar surface area (TPSA) is 98.9 Å². The second kappa shape index (κ2) is 5.44. The quantitative estimate of drug-likeness (QED) is 0.528. The monoisotopic (exact) mass is 237 g/mol. The highest BCUT2D eigenvalue weighted by atomic mass is 16.2. The molecule has 0 aliphatic carbocycles. The molecule has 2 rings (SSSR count). The maximum absolute atomic E-state index is 11.9. The van der Waals surface area contributed by atoms with Crippen molar-refractivity contribution >= 4 is 18.0 Å². The third kappa shape index (κ3) is 2.82. The lowest BCUT2D eigenvalue weighted by Crippen LogP contribution is -2.42. The minimum Gasteiger partial charge on any atom is -0.348 e. The van der Waals surface area contributed by atoms with Gasteiger partial charge < -0.3 is 16.0 Å². The fourth-order valence-electron chi connectivity index (χ4n) is 1.86. The number of hydrogen-bond acceptors (Lipinski definition) is 4. The highest BCUT2D eigenvalue weighted by Crippen LogP contribution is 2.11. The maximum atomic E-state index is 11.9. The summed E-state index contributed by atoms with van der Waals surface area (Å²) in [5.74, 6) is -0.237. The van der Waals surface area contributed by atoms with Crippen molar-refractivity contribution in [3.05, 3.63) is 11.9 Å². The Hall–Kier alpha value is -1.89. The Morgan fingerprint density at radius 2 is 2.24 bits per heavy atom. The molecule has 1 aliphatic rings. The van der Waals surface area contributed by atoms with Crippen molar-refractivity contribution in [3.63, 3.8) is 0 Å². The van der Waals surface area contributed by atoms with E-state index in [4.69, 9.17) is 0 Å². The largest absolute Gasteiger partial charge is 0.348 e. The Morgan fingerprint density at radius 1 is 1.47 bits per heavy atom. The summed E-state index contributed by atoms with van der Waals surface area (Å²) in [6.07, 6.45) is 3.75. The number of aromatic amines is 1. The van der Waals surface area contributed by atoms with Gasteiger partial charge in [0.05, 0.1) is 11.9 Å². The molecule has 1 saturated heterocycles. The highest BCUT2D eigenvalue weighted by Gasteiger charge is 2.19. The Morgan fingerprint density at radius 3 is 2.94 bits per heavy atom. The molecule has 92 valence electrons. The second-order valence-corrected chi connectivity index (χ2v) is 3.92. The first kappa shape index (κ1) is 11.6. The summed E-state index contributed by atoms with van der Waals surface area (Å²) in [5, 5.41) is 14.9. The van der Waals surface area contributed by atoms with E-state index in [0.717, 1.165) is 25.9 Å². The summed E-state index contributed by atoms with van der Waals surface area (Å²) in [5.41, 5.74) is 0.682. The van der Waals surface area contributed by atoms with Crippen LogP contribution in [0.1, 0.15) is 23.3 Å². The number of anilines is 1. The molecule has 2 amide bonds. The van der Waals surface area contributed by atoms with Gasteiger partial charge in [-0.2, -0.15) is 5.10 Å². The number of H-pyrrole nitrogens is 1. The average molecular weight is 237 g/mol. The zero-order valence-corrected chi connectivity index (χ0v) is 9.32. The minimum atomic E-state index is -0.237. The van der Waals surface area contributed by atoms with Gasteiger partial charge in [-0.15, -0.1) is 0 Å². The molecule has 0 spiro atoms. The molecule has 1 aromatic rings. The lowest BCUT2D eigenvalue weighted by Gasteiger charge is -2.23. The summed E-state index contributed by atoms with van der Waals surface area (Å²) in [6.45, 7) is 1.82. The van der Waals surface area contributed by atoms with Crippen molar-refractivity contribution in [1.29, 1.82) is 0 Å². The molecule has 0 bridgehead atoms. The Labute approximate surface area is 98.4 Å². The van der Waals surface area contributed by atoms with Gasteiger partial charge in [-0.1, -0.05) is 0 Å². The van der Waals surface area contributed by atoms with Crippen LogP contribution in [0.5, 0.6) is 0 Å². The molecule has 4 N–H and O–H groups in total. The summed E-state index contributed by atoms with van der Waals surface area (Å²) in [7, 11) is 0. The number of nitrogens with one attached hydrogen (secondary N) is 4. The van der Waals surface area contributed by atoms with E-state index in [-0.39, 0.29) is 17.6 Å². The van der Waals surface area contributed by atoms with Crippen molar-refractivity contribution in [2.45, 2.75) is 18.9 Å². The summed E-state index contributed by atoms with van der Waals surface area (Å²) < 4.78 is 0. The molecular weight excluding hydrogens is 222 g/mol. The number of piperidine rings is 1. The van der Waals surface area contributed by atoms with E-state index in [1.807, 2.05) is 0 Å². The molecule has 0 aromatic carbocycles. The van der Waals surface area contributed by atoms with Crippen molar-refractivity contribution < 1.29 is 9.59 Å². The number of carbonyl (C=O) groups excluding carboxylic acids is 2. The molecule has 17 heavy (non-hydrogen) atoms. The van der Waals surface area contributed by atoms with Crippen LogP contribution in [0.3, 0.4) is 0 Å². The van der Waals surface area contributed by atoms with Crippen LogP contribution in [-0.4, -0.2) is 41.6 Å². The van der Waals surface area contributed by atoms with E-state index in [1.165, 1.54) is 6.20 Å².